The van der Waals surface area contributed by atoms with Gasteiger partial charge in [-0.2, -0.15) is 5.10 Å². The molecule has 0 spiro atoms. The third kappa shape index (κ3) is 3.48. The average Bonchev–Trinajstić information content (AvgIpc) is 3.06. The lowest BCUT2D eigenvalue weighted by Gasteiger charge is -2.05. The first-order chi connectivity index (χ1) is 12.5. The minimum atomic E-state index is -1.23. The maximum Gasteiger partial charge on any atom is 0.341 e. The zero-order chi connectivity index (χ0) is 18.7. The van der Waals surface area contributed by atoms with Crippen molar-refractivity contribution in [2.75, 3.05) is 5.32 Å². The third-order valence-corrected chi connectivity index (χ3v) is 4.13. The van der Waals surface area contributed by atoms with Gasteiger partial charge in [-0.15, -0.1) is 0 Å². The number of amides is 1. The first-order valence-electron chi connectivity index (χ1n) is 7.36. The Morgan fingerprint density at radius 1 is 1.12 bits per heavy atom. The van der Waals surface area contributed by atoms with Crippen LogP contribution in [-0.2, 0) is 0 Å². The summed E-state index contributed by atoms with van der Waals surface area (Å²) in [7, 11) is 0. The molecular weight excluding hydrogens is 400 g/mol. The van der Waals surface area contributed by atoms with Crippen molar-refractivity contribution < 1.29 is 14.7 Å². The Balaban J connectivity index is 1.94. The number of nitrogens with one attached hydrogen (secondary N) is 2. The van der Waals surface area contributed by atoms with Crippen LogP contribution in [-0.4, -0.2) is 27.2 Å². The second kappa shape index (κ2) is 7.21. The van der Waals surface area contributed by atoms with Crippen molar-refractivity contribution in [1.82, 2.24) is 10.2 Å². The van der Waals surface area contributed by atoms with E-state index in [9.17, 15) is 14.7 Å². The monoisotopic (exact) mass is 410 g/mol. The van der Waals surface area contributed by atoms with E-state index in [1.54, 1.807) is 48.5 Å². The van der Waals surface area contributed by atoms with Gasteiger partial charge >= 0.3 is 5.97 Å². The molecule has 3 aromatic rings. The Kier molecular flexibility index (Phi) is 4.82. The number of carboxylic acids is 1. The van der Waals surface area contributed by atoms with Gasteiger partial charge in [-0.25, -0.2) is 9.64 Å². The van der Waals surface area contributed by atoms with Crippen LogP contribution in [0.15, 0.2) is 53.0 Å². The SMILES string of the molecule is [C-]#[N+]c1ccc(-c2[nH]nc(NC(=O)c3ccc(Br)cc3)c2C(=O)O)cc1. The normalized spacial score (nSPS) is 10.2. The van der Waals surface area contributed by atoms with Crippen molar-refractivity contribution in [3.05, 3.63) is 75.5 Å². The molecule has 0 saturated heterocycles. The van der Waals surface area contributed by atoms with E-state index in [1.165, 1.54) is 0 Å². The van der Waals surface area contributed by atoms with Gasteiger partial charge in [0.1, 0.15) is 5.56 Å². The van der Waals surface area contributed by atoms with Crippen molar-refractivity contribution in [2.24, 2.45) is 0 Å². The average molecular weight is 411 g/mol. The fourth-order valence-electron chi connectivity index (χ4n) is 2.33. The molecule has 3 N–H and O–H groups in total. The number of aromatic amines is 1. The van der Waals surface area contributed by atoms with Crippen molar-refractivity contribution in [3.8, 4) is 11.3 Å². The van der Waals surface area contributed by atoms with Gasteiger partial charge in [-0.1, -0.05) is 40.2 Å². The summed E-state index contributed by atoms with van der Waals surface area (Å²) in [5, 5.41) is 18.6. The van der Waals surface area contributed by atoms with E-state index in [4.69, 9.17) is 6.57 Å². The molecule has 0 unspecified atom stereocenters. The number of benzene rings is 2. The molecule has 1 amide bonds. The van der Waals surface area contributed by atoms with Crippen molar-refractivity contribution in [1.29, 1.82) is 0 Å². The molecule has 0 aliphatic rings. The highest BCUT2D eigenvalue weighted by Gasteiger charge is 2.22. The summed E-state index contributed by atoms with van der Waals surface area (Å²) in [5.74, 6) is -1.77. The van der Waals surface area contributed by atoms with Crippen molar-refractivity contribution in [3.63, 3.8) is 0 Å². The number of nitrogens with zero attached hydrogens (tertiary/aromatic N) is 2. The van der Waals surface area contributed by atoms with Crippen LogP contribution in [0.1, 0.15) is 20.7 Å². The molecule has 0 atom stereocenters. The highest BCUT2D eigenvalue weighted by molar-refractivity contribution is 9.10. The molecule has 1 aromatic heterocycles. The number of hydrogen-bond acceptors (Lipinski definition) is 3. The fraction of sp³-hybridized carbons (Fsp3) is 0. The van der Waals surface area contributed by atoms with Gasteiger partial charge in [0.15, 0.2) is 11.5 Å². The number of rotatable bonds is 4. The molecule has 26 heavy (non-hydrogen) atoms. The van der Waals surface area contributed by atoms with Gasteiger partial charge in [0, 0.05) is 10.0 Å². The number of halogens is 1. The molecule has 0 bridgehead atoms. The molecule has 8 heteroatoms. The lowest BCUT2D eigenvalue weighted by molar-refractivity contribution is 0.0699. The Morgan fingerprint density at radius 3 is 2.35 bits per heavy atom. The highest BCUT2D eigenvalue weighted by atomic mass is 79.9. The molecule has 0 aliphatic carbocycles. The number of hydrogen-bond donors (Lipinski definition) is 3. The molecule has 3 rings (SSSR count). The standard InChI is InChI=1S/C18H11BrN4O3/c1-20-13-8-4-10(5-9-13)15-14(18(25)26)16(23-22-15)21-17(24)11-2-6-12(19)7-3-11/h2-9H,(H,25,26)(H2,21,22,23,24). The zero-order valence-electron chi connectivity index (χ0n) is 13.2. The Hall–Kier alpha value is -3.44. The van der Waals surface area contributed by atoms with Crippen LogP contribution in [0, 0.1) is 6.57 Å². The van der Waals surface area contributed by atoms with Crippen molar-refractivity contribution in [2.45, 2.75) is 0 Å². The summed E-state index contributed by atoms with van der Waals surface area (Å²) in [6.45, 7) is 6.97. The van der Waals surface area contributed by atoms with Crippen LogP contribution in [0.4, 0.5) is 11.5 Å². The summed E-state index contributed by atoms with van der Waals surface area (Å²) in [6.07, 6.45) is 0. The second-order valence-corrected chi connectivity index (χ2v) is 6.16. The van der Waals surface area contributed by atoms with E-state index < -0.39 is 11.9 Å². The predicted molar refractivity (Wildman–Crippen MR) is 99.3 cm³/mol. The zero-order valence-corrected chi connectivity index (χ0v) is 14.7. The molecule has 0 aliphatic heterocycles. The number of carboxylic acid groups (broad SMARTS) is 1. The second-order valence-electron chi connectivity index (χ2n) is 5.25. The molecule has 7 nitrogen and oxygen atoms in total. The van der Waals surface area contributed by atoms with Crippen molar-refractivity contribution >= 4 is 39.3 Å². The Bertz CT molecular complexity index is 1020. The Labute approximate surface area is 156 Å². The van der Waals surface area contributed by atoms with Crippen LogP contribution in [0.5, 0.6) is 0 Å². The smallest absolute Gasteiger partial charge is 0.341 e. The minimum absolute atomic E-state index is 0.0744. The summed E-state index contributed by atoms with van der Waals surface area (Å²) >= 11 is 3.29. The maximum atomic E-state index is 12.3. The fourth-order valence-corrected chi connectivity index (χ4v) is 2.60. The Morgan fingerprint density at radius 2 is 1.77 bits per heavy atom. The summed E-state index contributed by atoms with van der Waals surface area (Å²) in [6, 6.07) is 13.0. The van der Waals surface area contributed by atoms with Gasteiger partial charge in [-0.3, -0.25) is 9.89 Å². The van der Waals surface area contributed by atoms with E-state index in [2.05, 4.69) is 36.3 Å². The van der Waals surface area contributed by atoms with Crippen LogP contribution in [0.3, 0.4) is 0 Å². The third-order valence-electron chi connectivity index (χ3n) is 3.60. The van der Waals surface area contributed by atoms with Crippen LogP contribution in [0.2, 0.25) is 0 Å². The number of H-pyrrole nitrogens is 1. The van der Waals surface area contributed by atoms with E-state index in [0.717, 1.165) is 4.47 Å². The summed E-state index contributed by atoms with van der Waals surface area (Å²) in [5.41, 5.74) is 1.46. The molecule has 0 radical (unpaired) electrons. The van der Waals surface area contributed by atoms with E-state index in [0.29, 0.717) is 16.8 Å². The number of anilines is 1. The minimum Gasteiger partial charge on any atom is -0.477 e. The summed E-state index contributed by atoms with van der Waals surface area (Å²) in [4.78, 5) is 27.3. The lowest BCUT2D eigenvalue weighted by Crippen LogP contribution is -2.14. The number of carbonyl (C=O) groups is 2. The molecule has 128 valence electrons. The van der Waals surface area contributed by atoms with E-state index >= 15 is 0 Å². The predicted octanol–water partition coefficient (Wildman–Crippen LogP) is 4.34. The first kappa shape index (κ1) is 17.4. The number of carbonyl (C=O) groups excluding carboxylic acids is 1. The highest BCUT2D eigenvalue weighted by Crippen LogP contribution is 2.28. The van der Waals surface area contributed by atoms with Gasteiger partial charge < -0.3 is 10.4 Å². The summed E-state index contributed by atoms with van der Waals surface area (Å²) < 4.78 is 0.824. The van der Waals surface area contributed by atoms with Crippen LogP contribution in [0.25, 0.3) is 16.1 Å². The first-order valence-corrected chi connectivity index (χ1v) is 8.15. The van der Waals surface area contributed by atoms with Gasteiger partial charge in [0.25, 0.3) is 5.91 Å². The van der Waals surface area contributed by atoms with E-state index in [1.807, 2.05) is 0 Å². The van der Waals surface area contributed by atoms with Crippen LogP contribution < -0.4 is 5.32 Å². The molecule has 0 fully saturated rings. The topological polar surface area (TPSA) is 99.4 Å². The van der Waals surface area contributed by atoms with Gasteiger partial charge in [-0.05, 0) is 29.8 Å². The molecule has 1 heterocycles. The largest absolute Gasteiger partial charge is 0.477 e. The quantitative estimate of drug-likeness (QED) is 0.556. The number of aromatic carboxylic acids is 1. The van der Waals surface area contributed by atoms with Crippen LogP contribution >= 0.6 is 15.9 Å². The van der Waals surface area contributed by atoms with Gasteiger partial charge in [0.2, 0.25) is 0 Å². The van der Waals surface area contributed by atoms with E-state index in [-0.39, 0.29) is 17.1 Å². The van der Waals surface area contributed by atoms with Gasteiger partial charge in [0.05, 0.1) is 12.3 Å². The number of aromatic nitrogens is 2. The molecular formula is C18H11BrN4O3. The lowest BCUT2D eigenvalue weighted by atomic mass is 10.1. The molecule has 2 aromatic carbocycles. The maximum absolute atomic E-state index is 12.3. The molecule has 0 saturated carbocycles.